The Morgan fingerprint density at radius 3 is 2.59 bits per heavy atom. The monoisotopic (exact) mass is 391 g/mol. The Bertz CT molecular complexity index is 797. The summed E-state index contributed by atoms with van der Waals surface area (Å²) in [6.45, 7) is 4.08. The average molecular weight is 392 g/mol. The van der Waals surface area contributed by atoms with Crippen LogP contribution >= 0.6 is 0 Å². The van der Waals surface area contributed by atoms with Crippen molar-refractivity contribution in [1.82, 2.24) is 19.7 Å². The third-order valence-corrected chi connectivity index (χ3v) is 5.41. The van der Waals surface area contributed by atoms with Crippen molar-refractivity contribution < 1.29 is 4.79 Å². The minimum Gasteiger partial charge on any atom is -0.339 e. The maximum Gasteiger partial charge on any atom is 0.236 e. The van der Waals surface area contributed by atoms with E-state index in [1.54, 1.807) is 12.4 Å². The van der Waals surface area contributed by atoms with Crippen LogP contribution in [-0.2, 0) is 11.2 Å². The Morgan fingerprint density at radius 2 is 1.93 bits per heavy atom. The first-order valence-electron chi connectivity index (χ1n) is 10.2. The number of hydrogen-bond donors (Lipinski definition) is 0. The quantitative estimate of drug-likeness (QED) is 0.691. The lowest BCUT2D eigenvalue weighted by molar-refractivity contribution is -0.134. The van der Waals surface area contributed by atoms with Gasteiger partial charge in [-0.2, -0.15) is 5.26 Å². The first kappa shape index (κ1) is 21.0. The molecular formula is C23H29N5O. The van der Waals surface area contributed by atoms with Crippen LogP contribution in [0.25, 0.3) is 0 Å². The molecule has 6 heteroatoms. The third-order valence-electron chi connectivity index (χ3n) is 5.41. The maximum absolute atomic E-state index is 12.6. The fourth-order valence-corrected chi connectivity index (χ4v) is 3.74. The Morgan fingerprint density at radius 1 is 1.17 bits per heavy atom. The molecule has 0 bridgehead atoms. The molecular weight excluding hydrogens is 362 g/mol. The van der Waals surface area contributed by atoms with E-state index in [4.69, 9.17) is 0 Å². The number of aryl methyl sites for hydroxylation is 1. The molecule has 0 aliphatic carbocycles. The number of nitrogens with zero attached hydrogens (tertiary/aromatic N) is 5. The molecule has 1 aliphatic heterocycles. The van der Waals surface area contributed by atoms with Gasteiger partial charge in [0.25, 0.3) is 0 Å². The Labute approximate surface area is 173 Å². The molecule has 1 fully saturated rings. The summed E-state index contributed by atoms with van der Waals surface area (Å²) in [6, 6.07) is 16.3. The highest BCUT2D eigenvalue weighted by Crippen LogP contribution is 2.20. The van der Waals surface area contributed by atoms with Gasteiger partial charge in [-0.25, -0.2) is 0 Å². The van der Waals surface area contributed by atoms with Crippen LogP contribution in [0.1, 0.15) is 23.6 Å². The van der Waals surface area contributed by atoms with Crippen molar-refractivity contribution in [2.45, 2.75) is 18.9 Å². The molecule has 3 rings (SSSR count). The minimum absolute atomic E-state index is 0.168. The minimum atomic E-state index is -0.304. The molecule has 1 aromatic heterocycles. The van der Waals surface area contributed by atoms with Gasteiger partial charge < -0.3 is 4.90 Å². The highest BCUT2D eigenvalue weighted by molar-refractivity contribution is 5.78. The molecule has 1 aromatic carbocycles. The number of piperazine rings is 1. The Hall–Kier alpha value is -2.75. The topological polar surface area (TPSA) is 63.5 Å². The van der Waals surface area contributed by atoms with E-state index in [0.717, 1.165) is 24.9 Å². The summed E-state index contributed by atoms with van der Waals surface area (Å²) in [7, 11) is 2.01. The molecule has 152 valence electrons. The molecule has 1 aliphatic rings. The summed E-state index contributed by atoms with van der Waals surface area (Å²) in [5, 5.41) is 9.58. The molecule has 1 unspecified atom stereocenters. The van der Waals surface area contributed by atoms with Crippen molar-refractivity contribution in [3.05, 3.63) is 66.0 Å². The lowest BCUT2D eigenvalue weighted by Gasteiger charge is -2.37. The van der Waals surface area contributed by atoms with E-state index in [2.05, 4.69) is 45.1 Å². The van der Waals surface area contributed by atoms with Crippen molar-refractivity contribution in [3.8, 4) is 6.07 Å². The summed E-state index contributed by atoms with van der Waals surface area (Å²) in [6.07, 6.45) is 5.53. The highest BCUT2D eigenvalue weighted by Gasteiger charge is 2.27. The lowest BCUT2D eigenvalue weighted by Crippen LogP contribution is -2.51. The molecule has 29 heavy (non-hydrogen) atoms. The molecule has 1 saturated heterocycles. The fraction of sp³-hybridized carbons (Fsp3) is 0.435. The normalized spacial score (nSPS) is 15.8. The predicted octanol–water partition coefficient (Wildman–Crippen LogP) is 2.36. The van der Waals surface area contributed by atoms with Gasteiger partial charge >= 0.3 is 0 Å². The van der Waals surface area contributed by atoms with Gasteiger partial charge in [0.2, 0.25) is 5.91 Å². The third kappa shape index (κ3) is 6.11. The van der Waals surface area contributed by atoms with Crippen LogP contribution in [0.2, 0.25) is 0 Å². The summed E-state index contributed by atoms with van der Waals surface area (Å²) in [4.78, 5) is 22.9. The zero-order valence-electron chi connectivity index (χ0n) is 17.1. The van der Waals surface area contributed by atoms with Crippen LogP contribution in [0, 0.1) is 11.3 Å². The fourth-order valence-electron chi connectivity index (χ4n) is 3.74. The highest BCUT2D eigenvalue weighted by atomic mass is 16.2. The van der Waals surface area contributed by atoms with E-state index in [1.165, 1.54) is 5.56 Å². The second-order valence-corrected chi connectivity index (χ2v) is 7.56. The summed E-state index contributed by atoms with van der Waals surface area (Å²) in [5.74, 6) is 0.168. The molecule has 2 heterocycles. The van der Waals surface area contributed by atoms with Gasteiger partial charge in [0.15, 0.2) is 0 Å². The first-order chi connectivity index (χ1) is 14.2. The second-order valence-electron chi connectivity index (χ2n) is 7.56. The van der Waals surface area contributed by atoms with Crippen LogP contribution in [-0.4, -0.2) is 71.9 Å². The van der Waals surface area contributed by atoms with Crippen molar-refractivity contribution in [3.63, 3.8) is 0 Å². The molecule has 1 amide bonds. The number of benzene rings is 1. The van der Waals surface area contributed by atoms with E-state index in [0.29, 0.717) is 32.7 Å². The van der Waals surface area contributed by atoms with E-state index in [-0.39, 0.29) is 11.9 Å². The number of nitriles is 1. The number of hydrogen-bond acceptors (Lipinski definition) is 5. The van der Waals surface area contributed by atoms with E-state index < -0.39 is 0 Å². The summed E-state index contributed by atoms with van der Waals surface area (Å²) in [5.41, 5.74) is 2.25. The zero-order valence-corrected chi connectivity index (χ0v) is 17.1. The van der Waals surface area contributed by atoms with E-state index in [9.17, 15) is 10.1 Å². The largest absolute Gasteiger partial charge is 0.339 e. The van der Waals surface area contributed by atoms with Crippen molar-refractivity contribution in [2.24, 2.45) is 0 Å². The summed E-state index contributed by atoms with van der Waals surface area (Å²) < 4.78 is 0. The number of pyridine rings is 1. The van der Waals surface area contributed by atoms with Crippen LogP contribution in [0.4, 0.5) is 0 Å². The Balaban J connectivity index is 1.41. The first-order valence-corrected chi connectivity index (χ1v) is 10.2. The van der Waals surface area contributed by atoms with Gasteiger partial charge in [0.05, 0.1) is 12.6 Å². The van der Waals surface area contributed by atoms with Crippen molar-refractivity contribution in [2.75, 3.05) is 46.3 Å². The van der Waals surface area contributed by atoms with Gasteiger partial charge in [0.1, 0.15) is 6.04 Å². The molecule has 2 aromatic rings. The van der Waals surface area contributed by atoms with E-state index >= 15 is 0 Å². The molecule has 0 radical (unpaired) electrons. The molecule has 6 nitrogen and oxygen atoms in total. The number of amides is 1. The molecule has 0 saturated carbocycles. The standard InChI is InChI=1S/C23H29N5O/c1-26(12-6-9-20-7-3-2-4-8-20)19-23(29)28-15-13-27(14-16-28)22(17-24)21-10-5-11-25-18-21/h2-5,7-8,10-11,18,22H,6,9,12-16,19H2,1H3. The smallest absolute Gasteiger partial charge is 0.236 e. The average Bonchev–Trinajstić information content (AvgIpc) is 2.76. The number of likely N-dealkylation sites (N-methyl/N-ethyl adjacent to an activating group) is 1. The van der Waals surface area contributed by atoms with Crippen molar-refractivity contribution in [1.29, 1.82) is 5.26 Å². The van der Waals surface area contributed by atoms with Gasteiger partial charge in [-0.3, -0.25) is 19.6 Å². The number of carbonyl (C=O) groups excluding carboxylic acids is 1. The van der Waals surface area contributed by atoms with Gasteiger partial charge in [0, 0.05) is 44.1 Å². The van der Waals surface area contributed by atoms with Crippen molar-refractivity contribution >= 4 is 5.91 Å². The predicted molar refractivity (Wildman–Crippen MR) is 113 cm³/mol. The van der Waals surface area contributed by atoms with Gasteiger partial charge in [-0.1, -0.05) is 36.4 Å². The Kier molecular flexibility index (Phi) is 7.74. The second kappa shape index (κ2) is 10.7. The molecule has 1 atom stereocenters. The SMILES string of the molecule is CN(CCCc1ccccc1)CC(=O)N1CCN(C(C#N)c2cccnc2)CC1. The number of aromatic nitrogens is 1. The zero-order chi connectivity index (χ0) is 20.5. The van der Waals surface area contributed by atoms with Crippen LogP contribution in [0.5, 0.6) is 0 Å². The molecule has 0 spiro atoms. The molecule has 0 N–H and O–H groups in total. The van der Waals surface area contributed by atoms with Gasteiger partial charge in [-0.05, 0) is 38.1 Å². The van der Waals surface area contributed by atoms with E-state index in [1.807, 2.05) is 30.1 Å². The van der Waals surface area contributed by atoms with Crippen LogP contribution < -0.4 is 0 Å². The maximum atomic E-state index is 12.6. The number of carbonyl (C=O) groups is 1. The lowest BCUT2D eigenvalue weighted by atomic mass is 10.1. The summed E-state index contributed by atoms with van der Waals surface area (Å²) >= 11 is 0. The van der Waals surface area contributed by atoms with Crippen LogP contribution in [0.15, 0.2) is 54.9 Å². The van der Waals surface area contributed by atoms with Crippen LogP contribution in [0.3, 0.4) is 0 Å². The van der Waals surface area contributed by atoms with Gasteiger partial charge in [-0.15, -0.1) is 0 Å². The number of rotatable bonds is 8.